The van der Waals surface area contributed by atoms with Crippen LogP contribution in [0.3, 0.4) is 0 Å². The number of nitrogens with one attached hydrogen (secondary N) is 1. The number of nitro groups is 1. The molecule has 1 aliphatic carbocycles. The van der Waals surface area contributed by atoms with E-state index in [1.54, 1.807) is 0 Å². The summed E-state index contributed by atoms with van der Waals surface area (Å²) in [5.74, 6) is 0. The maximum absolute atomic E-state index is 13.2. The van der Waals surface area contributed by atoms with Crippen molar-refractivity contribution in [3.05, 3.63) is 64.2 Å². The van der Waals surface area contributed by atoms with E-state index < -0.39 is 14.9 Å². The lowest BCUT2D eigenvalue weighted by molar-refractivity contribution is -0.385. The number of morpholine rings is 1. The van der Waals surface area contributed by atoms with Gasteiger partial charge in [0.05, 0.1) is 23.8 Å². The molecular formula is C20H23N3O5S. The van der Waals surface area contributed by atoms with Crippen molar-refractivity contribution in [2.75, 3.05) is 38.2 Å². The molecule has 1 aliphatic heterocycles. The molecule has 2 aromatic rings. The Morgan fingerprint density at radius 1 is 1.10 bits per heavy atom. The molecule has 8 nitrogen and oxygen atoms in total. The van der Waals surface area contributed by atoms with Gasteiger partial charge in [0.15, 0.2) is 0 Å². The van der Waals surface area contributed by atoms with Crippen molar-refractivity contribution in [1.82, 2.24) is 4.31 Å². The van der Waals surface area contributed by atoms with Gasteiger partial charge < -0.3 is 10.1 Å². The van der Waals surface area contributed by atoms with Crippen LogP contribution in [0.1, 0.15) is 18.4 Å². The van der Waals surface area contributed by atoms with Crippen LogP contribution in [-0.2, 0) is 20.2 Å². The zero-order chi connectivity index (χ0) is 20.5. The Kier molecular flexibility index (Phi) is 5.28. The summed E-state index contributed by atoms with van der Waals surface area (Å²) in [6.07, 6.45) is 2.03. The molecule has 29 heavy (non-hydrogen) atoms. The molecule has 2 fully saturated rings. The Bertz CT molecular complexity index is 1000. The molecule has 0 spiro atoms. The van der Waals surface area contributed by atoms with E-state index in [4.69, 9.17) is 4.74 Å². The van der Waals surface area contributed by atoms with Crippen molar-refractivity contribution in [1.29, 1.82) is 0 Å². The molecule has 154 valence electrons. The monoisotopic (exact) mass is 417 g/mol. The van der Waals surface area contributed by atoms with Gasteiger partial charge in [-0.3, -0.25) is 10.1 Å². The Morgan fingerprint density at radius 3 is 2.41 bits per heavy atom. The minimum atomic E-state index is -3.87. The van der Waals surface area contributed by atoms with E-state index in [0.717, 1.165) is 18.9 Å². The predicted octanol–water partition coefficient (Wildman–Crippen LogP) is 2.76. The second-order valence-electron chi connectivity index (χ2n) is 7.45. The molecule has 2 aromatic carbocycles. The van der Waals surface area contributed by atoms with Gasteiger partial charge in [0.2, 0.25) is 10.0 Å². The fourth-order valence-electron chi connectivity index (χ4n) is 3.68. The summed E-state index contributed by atoms with van der Waals surface area (Å²) in [7, 11) is -3.87. The molecule has 0 aromatic heterocycles. The number of ether oxygens (including phenoxy) is 1. The van der Waals surface area contributed by atoms with Gasteiger partial charge in [-0.1, -0.05) is 30.3 Å². The van der Waals surface area contributed by atoms with Gasteiger partial charge in [0, 0.05) is 37.2 Å². The van der Waals surface area contributed by atoms with Crippen LogP contribution < -0.4 is 5.32 Å². The van der Waals surface area contributed by atoms with E-state index in [0.29, 0.717) is 25.4 Å². The number of nitro benzene ring substituents is 1. The lowest BCUT2D eigenvalue weighted by Crippen LogP contribution is -2.40. The molecule has 9 heteroatoms. The van der Waals surface area contributed by atoms with E-state index in [1.165, 1.54) is 22.0 Å². The molecule has 1 heterocycles. The van der Waals surface area contributed by atoms with E-state index in [1.807, 2.05) is 18.2 Å². The average Bonchev–Trinajstić information content (AvgIpc) is 3.54. The Labute approximate surface area is 169 Å². The molecule has 0 unspecified atom stereocenters. The number of nitrogens with zero attached hydrogens (tertiary/aromatic N) is 2. The summed E-state index contributed by atoms with van der Waals surface area (Å²) in [5, 5.41) is 14.5. The number of anilines is 1. The molecule has 0 amide bonds. The Morgan fingerprint density at radius 2 is 1.79 bits per heavy atom. The highest BCUT2D eigenvalue weighted by molar-refractivity contribution is 7.89. The minimum absolute atomic E-state index is 0.0248. The molecule has 2 aliphatic rings. The fraction of sp³-hybridized carbons (Fsp3) is 0.400. The van der Waals surface area contributed by atoms with Crippen LogP contribution in [-0.4, -0.2) is 50.5 Å². The van der Waals surface area contributed by atoms with Crippen molar-refractivity contribution in [2.45, 2.75) is 23.2 Å². The van der Waals surface area contributed by atoms with Crippen molar-refractivity contribution < 1.29 is 18.1 Å². The van der Waals surface area contributed by atoms with Crippen LogP contribution in [0.2, 0.25) is 0 Å². The van der Waals surface area contributed by atoms with Gasteiger partial charge in [0.25, 0.3) is 5.69 Å². The second-order valence-corrected chi connectivity index (χ2v) is 9.36. The fourth-order valence-corrected chi connectivity index (χ4v) is 5.28. The zero-order valence-corrected chi connectivity index (χ0v) is 16.7. The van der Waals surface area contributed by atoms with Crippen LogP contribution >= 0.6 is 0 Å². The van der Waals surface area contributed by atoms with Crippen molar-refractivity contribution >= 4 is 21.4 Å². The van der Waals surface area contributed by atoms with Gasteiger partial charge in [-0.15, -0.1) is 0 Å². The van der Waals surface area contributed by atoms with Gasteiger partial charge in [0.1, 0.15) is 4.90 Å². The van der Waals surface area contributed by atoms with Crippen molar-refractivity contribution in [3.8, 4) is 0 Å². The number of hydrogen-bond donors (Lipinski definition) is 1. The first kappa shape index (κ1) is 19.8. The Balaban J connectivity index is 1.64. The normalized spacial score (nSPS) is 18.9. The summed E-state index contributed by atoms with van der Waals surface area (Å²) in [5.41, 5.74) is 1.34. The zero-order valence-electron chi connectivity index (χ0n) is 15.9. The Hall–Kier alpha value is -2.49. The third-order valence-electron chi connectivity index (χ3n) is 5.62. The molecule has 4 rings (SSSR count). The smallest absolute Gasteiger partial charge is 0.270 e. The molecule has 0 bridgehead atoms. The van der Waals surface area contributed by atoms with E-state index in [2.05, 4.69) is 17.4 Å². The molecule has 0 atom stereocenters. The summed E-state index contributed by atoms with van der Waals surface area (Å²) in [6.45, 7) is 1.67. The third kappa shape index (κ3) is 3.98. The first-order valence-electron chi connectivity index (χ1n) is 9.58. The molecule has 1 saturated heterocycles. The van der Waals surface area contributed by atoms with Gasteiger partial charge in [-0.25, -0.2) is 8.42 Å². The number of hydrogen-bond acceptors (Lipinski definition) is 6. The molecule has 1 N–H and O–H groups in total. The van der Waals surface area contributed by atoms with Gasteiger partial charge in [-0.2, -0.15) is 4.31 Å². The maximum atomic E-state index is 13.2. The minimum Gasteiger partial charge on any atom is -0.383 e. The average molecular weight is 417 g/mol. The highest BCUT2D eigenvalue weighted by Crippen LogP contribution is 2.48. The van der Waals surface area contributed by atoms with E-state index in [9.17, 15) is 18.5 Å². The molecule has 1 saturated carbocycles. The highest BCUT2D eigenvalue weighted by atomic mass is 32.2. The third-order valence-corrected chi connectivity index (χ3v) is 7.56. The molecule has 0 radical (unpaired) electrons. The SMILES string of the molecule is O=[N+]([O-])c1ccc(NCC2(c3ccccc3)CC2)c(S(=O)(=O)N2CCOCC2)c1. The number of sulfonamides is 1. The van der Waals surface area contributed by atoms with Gasteiger partial charge >= 0.3 is 0 Å². The maximum Gasteiger partial charge on any atom is 0.270 e. The summed E-state index contributed by atoms with van der Waals surface area (Å²) < 4.78 is 33.0. The van der Waals surface area contributed by atoms with Crippen molar-refractivity contribution in [3.63, 3.8) is 0 Å². The van der Waals surface area contributed by atoms with E-state index in [-0.39, 0.29) is 29.1 Å². The first-order valence-corrected chi connectivity index (χ1v) is 11.0. The van der Waals surface area contributed by atoms with Crippen LogP contribution in [0.25, 0.3) is 0 Å². The van der Waals surface area contributed by atoms with Crippen molar-refractivity contribution in [2.24, 2.45) is 0 Å². The number of benzene rings is 2. The molecular weight excluding hydrogens is 394 g/mol. The largest absolute Gasteiger partial charge is 0.383 e. The predicted molar refractivity (Wildman–Crippen MR) is 109 cm³/mol. The first-order chi connectivity index (χ1) is 13.9. The quantitative estimate of drug-likeness (QED) is 0.549. The summed E-state index contributed by atoms with van der Waals surface area (Å²) in [6, 6.07) is 14.1. The lowest BCUT2D eigenvalue weighted by Gasteiger charge is -2.27. The number of non-ortho nitro benzene ring substituents is 1. The highest BCUT2D eigenvalue weighted by Gasteiger charge is 2.44. The summed E-state index contributed by atoms with van der Waals surface area (Å²) >= 11 is 0. The second kappa shape index (κ2) is 7.74. The van der Waals surface area contributed by atoms with Crippen LogP contribution in [0.5, 0.6) is 0 Å². The van der Waals surface area contributed by atoms with Crippen LogP contribution in [0.15, 0.2) is 53.4 Å². The standard InChI is InChI=1S/C20H23N3O5S/c24-23(25)17-6-7-18(19(14-17)29(26,27)22-10-12-28-13-11-22)21-15-20(8-9-20)16-4-2-1-3-5-16/h1-7,14,21H,8-13,15H2. The van der Waals surface area contributed by atoms with Gasteiger partial charge in [-0.05, 0) is 24.5 Å². The van der Waals surface area contributed by atoms with Crippen LogP contribution in [0, 0.1) is 10.1 Å². The van der Waals surface area contributed by atoms with Crippen LogP contribution in [0.4, 0.5) is 11.4 Å². The number of rotatable bonds is 7. The lowest BCUT2D eigenvalue weighted by atomic mass is 9.96. The topological polar surface area (TPSA) is 102 Å². The summed E-state index contributed by atoms with van der Waals surface area (Å²) in [4.78, 5) is 10.6. The van der Waals surface area contributed by atoms with E-state index >= 15 is 0 Å².